The molecule has 2 heteroatoms. The lowest BCUT2D eigenvalue weighted by molar-refractivity contribution is 0.564. The number of aryl methyl sites for hydroxylation is 1. The van der Waals surface area contributed by atoms with Crippen LogP contribution in [0.4, 0.5) is 0 Å². The standard InChI is InChI=1S/C12H19NS/c1-4-7-11(13-6-3)12-10(5-2)8-9-14-12/h4,8-9,11,13H,1,5-7H2,2-3H3. The van der Waals surface area contributed by atoms with Crippen molar-refractivity contribution in [1.82, 2.24) is 5.32 Å². The van der Waals surface area contributed by atoms with Gasteiger partial charge in [-0.25, -0.2) is 0 Å². The van der Waals surface area contributed by atoms with Crippen LogP contribution in [0.5, 0.6) is 0 Å². The first-order valence-electron chi connectivity index (χ1n) is 5.24. The zero-order valence-electron chi connectivity index (χ0n) is 9.05. The highest BCUT2D eigenvalue weighted by Crippen LogP contribution is 2.27. The molecule has 1 N–H and O–H groups in total. The van der Waals surface area contributed by atoms with Crippen LogP contribution in [0.2, 0.25) is 0 Å². The van der Waals surface area contributed by atoms with E-state index in [0.29, 0.717) is 6.04 Å². The molecule has 1 unspecified atom stereocenters. The first-order chi connectivity index (χ1) is 6.83. The van der Waals surface area contributed by atoms with Crippen molar-refractivity contribution in [1.29, 1.82) is 0 Å². The minimum absolute atomic E-state index is 0.465. The fourth-order valence-electron chi connectivity index (χ4n) is 1.64. The smallest absolute Gasteiger partial charge is 0.0452 e. The second kappa shape index (κ2) is 5.99. The minimum atomic E-state index is 0.465. The van der Waals surface area contributed by atoms with Crippen LogP contribution < -0.4 is 5.32 Å². The number of thiophene rings is 1. The summed E-state index contributed by atoms with van der Waals surface area (Å²) >= 11 is 1.85. The van der Waals surface area contributed by atoms with E-state index < -0.39 is 0 Å². The van der Waals surface area contributed by atoms with Crippen LogP contribution in [0, 0.1) is 0 Å². The molecular formula is C12H19NS. The molecule has 14 heavy (non-hydrogen) atoms. The van der Waals surface area contributed by atoms with E-state index in [0.717, 1.165) is 19.4 Å². The van der Waals surface area contributed by atoms with E-state index >= 15 is 0 Å². The molecule has 0 aliphatic heterocycles. The summed E-state index contributed by atoms with van der Waals surface area (Å²) in [5.41, 5.74) is 1.47. The van der Waals surface area contributed by atoms with Gasteiger partial charge in [0.15, 0.2) is 0 Å². The maximum atomic E-state index is 3.81. The molecule has 1 nitrogen and oxygen atoms in total. The first kappa shape index (κ1) is 11.5. The van der Waals surface area contributed by atoms with Crippen molar-refractivity contribution in [3.05, 3.63) is 34.5 Å². The Hall–Kier alpha value is -0.600. The summed E-state index contributed by atoms with van der Waals surface area (Å²) in [4.78, 5) is 1.48. The first-order valence-corrected chi connectivity index (χ1v) is 6.11. The predicted molar refractivity (Wildman–Crippen MR) is 64.9 cm³/mol. The molecule has 0 aromatic carbocycles. The zero-order valence-corrected chi connectivity index (χ0v) is 9.86. The monoisotopic (exact) mass is 209 g/mol. The molecule has 0 fully saturated rings. The predicted octanol–water partition coefficient (Wildman–Crippen LogP) is 3.54. The second-order valence-electron chi connectivity index (χ2n) is 3.30. The Labute approximate surface area is 90.9 Å². The van der Waals surface area contributed by atoms with Crippen LogP contribution in [0.15, 0.2) is 24.1 Å². The lowest BCUT2D eigenvalue weighted by Crippen LogP contribution is -2.20. The molecule has 0 radical (unpaired) electrons. The van der Waals surface area contributed by atoms with Crippen molar-refractivity contribution in [3.8, 4) is 0 Å². The topological polar surface area (TPSA) is 12.0 Å². The maximum absolute atomic E-state index is 3.81. The van der Waals surface area contributed by atoms with Crippen molar-refractivity contribution < 1.29 is 0 Å². The summed E-state index contributed by atoms with van der Waals surface area (Å²) in [5, 5.41) is 5.68. The van der Waals surface area contributed by atoms with E-state index in [1.165, 1.54) is 10.4 Å². The molecule has 1 aromatic heterocycles. The van der Waals surface area contributed by atoms with Crippen LogP contribution >= 0.6 is 11.3 Å². The molecule has 1 rings (SSSR count). The lowest BCUT2D eigenvalue weighted by Gasteiger charge is -2.16. The molecule has 0 aliphatic rings. The quantitative estimate of drug-likeness (QED) is 0.707. The van der Waals surface area contributed by atoms with Crippen LogP contribution in [0.1, 0.15) is 36.8 Å². The molecule has 0 spiro atoms. The Morgan fingerprint density at radius 1 is 1.57 bits per heavy atom. The lowest BCUT2D eigenvalue weighted by atomic mass is 10.1. The SMILES string of the molecule is C=CCC(NCC)c1sccc1CC. The average Bonchev–Trinajstić information content (AvgIpc) is 2.65. The van der Waals surface area contributed by atoms with Gasteiger partial charge in [0.1, 0.15) is 0 Å². The largest absolute Gasteiger partial charge is 0.309 e. The highest BCUT2D eigenvalue weighted by Gasteiger charge is 2.13. The average molecular weight is 209 g/mol. The highest BCUT2D eigenvalue weighted by atomic mass is 32.1. The molecule has 0 saturated heterocycles. The van der Waals surface area contributed by atoms with Gasteiger partial charge >= 0.3 is 0 Å². The molecule has 78 valence electrons. The fourth-order valence-corrected chi connectivity index (χ4v) is 2.73. The molecular weight excluding hydrogens is 190 g/mol. The van der Waals surface area contributed by atoms with Gasteiger partial charge in [0, 0.05) is 10.9 Å². The summed E-state index contributed by atoms with van der Waals surface area (Å²) in [6.45, 7) is 9.19. The van der Waals surface area contributed by atoms with E-state index in [1.807, 2.05) is 17.4 Å². The number of hydrogen-bond acceptors (Lipinski definition) is 2. The summed E-state index contributed by atoms with van der Waals surface area (Å²) in [7, 11) is 0. The van der Waals surface area contributed by atoms with Crippen LogP contribution in [-0.2, 0) is 6.42 Å². The van der Waals surface area contributed by atoms with Gasteiger partial charge in [-0.1, -0.05) is 19.9 Å². The second-order valence-corrected chi connectivity index (χ2v) is 4.25. The number of hydrogen-bond donors (Lipinski definition) is 1. The Morgan fingerprint density at radius 3 is 2.93 bits per heavy atom. The minimum Gasteiger partial charge on any atom is -0.309 e. The summed E-state index contributed by atoms with van der Waals surface area (Å²) in [6.07, 6.45) is 4.13. The normalized spacial score (nSPS) is 12.7. The van der Waals surface area contributed by atoms with E-state index in [2.05, 4.69) is 37.2 Å². The third-order valence-electron chi connectivity index (χ3n) is 2.33. The zero-order chi connectivity index (χ0) is 10.4. The molecule has 1 atom stereocenters. The third kappa shape index (κ3) is 2.69. The van der Waals surface area contributed by atoms with Crippen LogP contribution in [0.25, 0.3) is 0 Å². The fraction of sp³-hybridized carbons (Fsp3) is 0.500. The number of nitrogens with one attached hydrogen (secondary N) is 1. The Balaban J connectivity index is 2.80. The van der Waals surface area contributed by atoms with Crippen molar-refractivity contribution in [2.75, 3.05) is 6.54 Å². The number of rotatable bonds is 6. The van der Waals surface area contributed by atoms with E-state index in [1.54, 1.807) is 0 Å². The molecule has 0 bridgehead atoms. The molecule has 0 saturated carbocycles. The van der Waals surface area contributed by atoms with Crippen LogP contribution in [0.3, 0.4) is 0 Å². The maximum Gasteiger partial charge on any atom is 0.0452 e. The molecule has 0 aliphatic carbocycles. The molecule has 1 heterocycles. The molecule has 1 aromatic rings. The van der Waals surface area contributed by atoms with Crippen molar-refractivity contribution >= 4 is 11.3 Å². The Bertz CT molecular complexity index is 278. The third-order valence-corrected chi connectivity index (χ3v) is 3.40. The van der Waals surface area contributed by atoms with Crippen LogP contribution in [-0.4, -0.2) is 6.54 Å². The van der Waals surface area contributed by atoms with Crippen molar-refractivity contribution in [2.45, 2.75) is 32.7 Å². The Kier molecular flexibility index (Phi) is 4.91. The molecule has 0 amide bonds. The van der Waals surface area contributed by atoms with Gasteiger partial charge in [0.05, 0.1) is 0 Å². The van der Waals surface area contributed by atoms with Gasteiger partial charge in [0.2, 0.25) is 0 Å². The summed E-state index contributed by atoms with van der Waals surface area (Å²) < 4.78 is 0. The highest BCUT2D eigenvalue weighted by molar-refractivity contribution is 7.10. The van der Waals surface area contributed by atoms with Gasteiger partial charge < -0.3 is 5.32 Å². The van der Waals surface area contributed by atoms with Crippen molar-refractivity contribution in [3.63, 3.8) is 0 Å². The Morgan fingerprint density at radius 2 is 2.36 bits per heavy atom. The van der Waals surface area contributed by atoms with E-state index in [4.69, 9.17) is 0 Å². The van der Waals surface area contributed by atoms with Gasteiger partial charge in [-0.3, -0.25) is 0 Å². The summed E-state index contributed by atoms with van der Waals surface area (Å²) in [6, 6.07) is 2.69. The summed E-state index contributed by atoms with van der Waals surface area (Å²) in [5.74, 6) is 0. The van der Waals surface area contributed by atoms with Crippen molar-refractivity contribution in [2.24, 2.45) is 0 Å². The van der Waals surface area contributed by atoms with Gasteiger partial charge in [-0.15, -0.1) is 17.9 Å². The van der Waals surface area contributed by atoms with E-state index in [-0.39, 0.29) is 0 Å². The van der Waals surface area contributed by atoms with E-state index in [9.17, 15) is 0 Å². The van der Waals surface area contributed by atoms with Gasteiger partial charge in [0.25, 0.3) is 0 Å². The van der Waals surface area contributed by atoms with Gasteiger partial charge in [-0.05, 0) is 36.4 Å². The van der Waals surface area contributed by atoms with Gasteiger partial charge in [-0.2, -0.15) is 0 Å².